The average Bonchev–Trinajstić information content (AvgIpc) is 2.69. The molecule has 0 saturated carbocycles. The molecule has 1 unspecified atom stereocenters. The van der Waals surface area contributed by atoms with E-state index >= 15 is 0 Å². The van der Waals surface area contributed by atoms with Gasteiger partial charge in [0.15, 0.2) is 5.75 Å². The van der Waals surface area contributed by atoms with Crippen LogP contribution in [-0.4, -0.2) is 48.8 Å². The first kappa shape index (κ1) is 25.3. The van der Waals surface area contributed by atoms with Crippen molar-refractivity contribution in [1.82, 2.24) is 0 Å². The SMILES string of the molecule is [CH2-]Oc1cc([N+](=O)[O-])c(C(C)OCCCC[Si](OC)(OC)OC)cc1OC.[Rf]. The Morgan fingerprint density at radius 1 is 1.11 bits per heavy atom. The predicted octanol–water partition coefficient (Wildman–Crippen LogP) is 3.51. The number of nitrogens with zero attached hydrogens (tertiary/aromatic N) is 1. The van der Waals surface area contributed by atoms with Gasteiger partial charge >= 0.3 is 8.80 Å². The van der Waals surface area contributed by atoms with Gasteiger partial charge in [0.2, 0.25) is 0 Å². The zero-order valence-corrected chi connectivity index (χ0v) is 24.6. The van der Waals surface area contributed by atoms with E-state index in [-0.39, 0.29) is 11.4 Å². The van der Waals surface area contributed by atoms with Crippen LogP contribution in [0.1, 0.15) is 31.4 Å². The van der Waals surface area contributed by atoms with Gasteiger partial charge in [-0.05, 0) is 25.8 Å². The van der Waals surface area contributed by atoms with E-state index in [2.05, 4.69) is 7.11 Å². The molecule has 1 atom stereocenters. The van der Waals surface area contributed by atoms with Crippen LogP contribution in [0.4, 0.5) is 5.69 Å². The summed E-state index contributed by atoms with van der Waals surface area (Å²) in [6, 6.07) is 3.50. The fourth-order valence-corrected chi connectivity index (χ4v) is 4.47. The van der Waals surface area contributed by atoms with E-state index in [9.17, 15) is 10.1 Å². The monoisotopic (exact) mass is 669 g/mol. The first-order chi connectivity index (χ1) is 12.9. The van der Waals surface area contributed by atoms with Crippen LogP contribution in [0.2, 0.25) is 6.04 Å². The molecule has 0 aromatic heterocycles. The number of benzene rings is 1. The zero-order valence-electron chi connectivity index (χ0n) is 17.2. The third-order valence-electron chi connectivity index (χ3n) is 4.28. The van der Waals surface area contributed by atoms with Gasteiger partial charge in [0.1, 0.15) is 5.75 Å². The van der Waals surface area contributed by atoms with Gasteiger partial charge in [-0.25, -0.2) is 0 Å². The van der Waals surface area contributed by atoms with Crippen LogP contribution in [0.3, 0.4) is 0 Å². The van der Waals surface area contributed by atoms with Crippen molar-refractivity contribution < 1.29 is 32.4 Å². The molecule has 0 aliphatic rings. The molecule has 0 fully saturated rings. The van der Waals surface area contributed by atoms with E-state index in [0.717, 1.165) is 12.8 Å². The molecule has 156 valence electrons. The average molecular weight is 669 g/mol. The minimum atomic E-state index is -2.59. The van der Waals surface area contributed by atoms with E-state index in [4.69, 9.17) is 27.5 Å². The Morgan fingerprint density at radius 3 is 2.18 bits per heavy atom. The van der Waals surface area contributed by atoms with Crippen LogP contribution in [0.5, 0.6) is 11.5 Å². The minimum absolute atomic E-state index is 0. The number of nitro benzene ring substituents is 1. The van der Waals surface area contributed by atoms with Gasteiger partial charge in [-0.1, -0.05) is 0 Å². The fourth-order valence-electron chi connectivity index (χ4n) is 2.67. The zero-order chi connectivity index (χ0) is 20.4. The molecular weight excluding hydrogens is 641 g/mol. The fraction of sp³-hybridized carbons (Fsp3) is 0.588. The Kier molecular flexibility index (Phi) is 10.7. The molecule has 0 heterocycles. The summed E-state index contributed by atoms with van der Waals surface area (Å²) in [5.74, 6) is 0.553. The van der Waals surface area contributed by atoms with Crippen molar-refractivity contribution >= 4 is 14.5 Å². The molecule has 9 nitrogen and oxygen atoms in total. The third kappa shape index (κ3) is 6.17. The largest absolute Gasteiger partial charge is 0.663 e. The van der Waals surface area contributed by atoms with Crippen molar-refractivity contribution in [3.8, 4) is 11.5 Å². The summed E-state index contributed by atoms with van der Waals surface area (Å²) in [7, 11) is 6.88. The van der Waals surface area contributed by atoms with Gasteiger partial charge < -0.3 is 27.5 Å². The molecule has 0 amide bonds. The van der Waals surface area contributed by atoms with Crippen molar-refractivity contribution in [2.24, 2.45) is 0 Å². The molecular formula is C17H28NO8RfSi-. The Bertz CT molecular complexity index is 607. The van der Waals surface area contributed by atoms with Crippen LogP contribution in [0.15, 0.2) is 12.1 Å². The molecule has 0 saturated heterocycles. The molecule has 0 bridgehead atoms. The summed E-state index contributed by atoms with van der Waals surface area (Å²) in [5, 5.41) is 11.4. The van der Waals surface area contributed by atoms with E-state index in [1.165, 1.54) is 13.2 Å². The second kappa shape index (κ2) is 11.9. The number of methoxy groups -OCH3 is 1. The van der Waals surface area contributed by atoms with Crippen molar-refractivity contribution in [2.75, 3.05) is 35.0 Å². The van der Waals surface area contributed by atoms with Crippen molar-refractivity contribution in [1.29, 1.82) is 0 Å². The van der Waals surface area contributed by atoms with Crippen LogP contribution < -0.4 is 9.47 Å². The molecule has 1 aromatic rings. The van der Waals surface area contributed by atoms with Crippen molar-refractivity contribution in [3.63, 3.8) is 0 Å². The molecule has 28 heavy (non-hydrogen) atoms. The summed E-state index contributed by atoms with van der Waals surface area (Å²) in [4.78, 5) is 10.9. The number of ether oxygens (including phenoxy) is 3. The van der Waals surface area contributed by atoms with Crippen molar-refractivity contribution in [3.05, 3.63) is 34.9 Å². The second-order valence-corrected chi connectivity index (χ2v) is 8.82. The third-order valence-corrected chi connectivity index (χ3v) is 7.11. The maximum Gasteiger partial charge on any atom is 0.500 e. The second-order valence-electron chi connectivity index (χ2n) is 5.73. The molecule has 1 rings (SSSR count). The molecule has 1 aromatic carbocycles. The molecule has 0 N–H and O–H groups in total. The molecule has 11 heteroatoms. The van der Waals surface area contributed by atoms with Crippen LogP contribution in [0.25, 0.3) is 0 Å². The van der Waals surface area contributed by atoms with E-state index in [1.54, 1.807) is 34.3 Å². The van der Waals surface area contributed by atoms with Crippen molar-refractivity contribution in [2.45, 2.75) is 31.9 Å². The van der Waals surface area contributed by atoms with Gasteiger partial charge in [-0.15, -0.1) is 0 Å². The number of hydrogen-bond acceptors (Lipinski definition) is 8. The summed E-state index contributed by atoms with van der Waals surface area (Å²) in [5.41, 5.74) is 0.304. The summed E-state index contributed by atoms with van der Waals surface area (Å²) < 4.78 is 32.0. The Labute approximate surface area is 161 Å². The number of nitro groups is 1. The molecule has 0 spiro atoms. The quantitative estimate of drug-likeness (QED) is 0.104. The van der Waals surface area contributed by atoms with Gasteiger partial charge in [-0.2, -0.15) is 7.11 Å². The summed E-state index contributed by atoms with van der Waals surface area (Å²) >= 11 is 0. The van der Waals surface area contributed by atoms with Gasteiger partial charge in [0.25, 0.3) is 5.69 Å². The topological polar surface area (TPSA) is 98.5 Å². The van der Waals surface area contributed by atoms with E-state index in [0.29, 0.717) is 24.0 Å². The van der Waals surface area contributed by atoms with Gasteiger partial charge in [-0.3, -0.25) is 10.1 Å². The van der Waals surface area contributed by atoms with E-state index < -0.39 is 19.8 Å². The summed E-state index contributed by atoms with van der Waals surface area (Å²) in [6.07, 6.45) is 1.03. The Morgan fingerprint density at radius 2 is 1.71 bits per heavy atom. The van der Waals surface area contributed by atoms with Gasteiger partial charge in [0.05, 0.1) is 29.8 Å². The number of rotatable bonds is 13. The van der Waals surface area contributed by atoms with Crippen LogP contribution in [0, 0.1) is 17.2 Å². The first-order valence-electron chi connectivity index (χ1n) is 8.43. The number of unbranched alkanes of at least 4 members (excludes halogenated alkanes) is 1. The first-order valence-corrected chi connectivity index (χ1v) is 10.4. The van der Waals surface area contributed by atoms with Crippen LogP contribution in [-0.2, 0) is 18.0 Å². The van der Waals surface area contributed by atoms with Gasteiger partial charge in [0, 0.05) is 34.0 Å². The summed E-state index contributed by atoms with van der Waals surface area (Å²) in [6.45, 7) is 2.18. The smallest absolute Gasteiger partial charge is 0.500 e. The standard InChI is InChI=1S/C17H28NO8Si.Rf/c1-13(26-9-7-8-10-27(23-4,24-5)25-6)14-11-16(21-2)17(22-3)12-15(14)18(19)20;/h11-13H,3,7-10H2,1-2,4-6H3;/q-1;. The minimum Gasteiger partial charge on any atom is -0.663 e. The predicted molar refractivity (Wildman–Crippen MR) is 101 cm³/mol. The Hall–Kier alpha value is -2.72. The normalized spacial score (nSPS) is 12.2. The maximum atomic E-state index is 11.4. The van der Waals surface area contributed by atoms with E-state index in [1.807, 2.05) is 0 Å². The molecule has 0 radical (unpaired) electrons. The number of hydrogen-bond donors (Lipinski definition) is 0. The maximum absolute atomic E-state index is 11.4. The Balaban J connectivity index is 0.00000729. The molecule has 0 aliphatic carbocycles. The molecule has 0 aliphatic heterocycles. The van der Waals surface area contributed by atoms with Crippen LogP contribution >= 0.6 is 0 Å².